The van der Waals surface area contributed by atoms with Gasteiger partial charge in [0.05, 0.1) is 5.75 Å². The van der Waals surface area contributed by atoms with E-state index in [1.165, 1.54) is 6.08 Å². The fraction of sp³-hybridized carbons (Fsp3) is 0.571. The van der Waals surface area contributed by atoms with Gasteiger partial charge >= 0.3 is 6.03 Å². The number of urea groups is 1. The molecule has 0 saturated carbocycles. The highest BCUT2D eigenvalue weighted by Gasteiger charge is 2.04. The molecule has 0 radical (unpaired) electrons. The summed E-state index contributed by atoms with van der Waals surface area (Å²) in [5.41, 5.74) is 0. The van der Waals surface area contributed by atoms with Crippen molar-refractivity contribution in [2.75, 3.05) is 18.8 Å². The lowest BCUT2D eigenvalue weighted by atomic mass is 10.5. The van der Waals surface area contributed by atoms with Gasteiger partial charge in [0.2, 0.25) is 0 Å². The molecule has 6 nitrogen and oxygen atoms in total. The molecule has 0 aliphatic carbocycles. The third kappa shape index (κ3) is 9.01. The smallest absolute Gasteiger partial charge is 0.315 e. The molecule has 7 heteroatoms. The maximum absolute atomic E-state index is 10.8. The van der Waals surface area contributed by atoms with Crippen molar-refractivity contribution in [2.45, 2.75) is 6.42 Å². The minimum absolute atomic E-state index is 0.181. The maximum atomic E-state index is 10.8. The lowest BCUT2D eigenvalue weighted by Crippen LogP contribution is -2.36. The number of nitrogens with one attached hydrogen (secondary N) is 2. The van der Waals surface area contributed by atoms with Gasteiger partial charge in [-0.25, -0.2) is 4.79 Å². The third-order valence-corrected chi connectivity index (χ3v) is 2.08. The molecule has 0 aliphatic heterocycles. The van der Waals surface area contributed by atoms with E-state index >= 15 is 0 Å². The topological polar surface area (TPSA) is 95.5 Å². The molecule has 0 rings (SSSR count). The summed E-state index contributed by atoms with van der Waals surface area (Å²) in [7, 11) is -3.93. The van der Waals surface area contributed by atoms with Crippen LogP contribution in [-0.2, 0) is 10.1 Å². The van der Waals surface area contributed by atoms with Gasteiger partial charge < -0.3 is 10.6 Å². The van der Waals surface area contributed by atoms with Gasteiger partial charge in [-0.05, 0) is 6.42 Å². The second-order valence-electron chi connectivity index (χ2n) is 2.57. The summed E-state index contributed by atoms with van der Waals surface area (Å²) in [6.07, 6.45) is 1.71. The first kappa shape index (κ1) is 12.9. The zero-order chi connectivity index (χ0) is 11.0. The zero-order valence-electron chi connectivity index (χ0n) is 7.69. The van der Waals surface area contributed by atoms with Crippen LogP contribution >= 0.6 is 0 Å². The summed E-state index contributed by atoms with van der Waals surface area (Å²) in [5.74, 6) is -0.352. The highest BCUT2D eigenvalue weighted by molar-refractivity contribution is 7.85. The largest absolute Gasteiger partial charge is 0.338 e. The van der Waals surface area contributed by atoms with Gasteiger partial charge in [0, 0.05) is 13.1 Å². The molecule has 0 heterocycles. The Labute approximate surface area is 83.1 Å². The fourth-order valence-corrected chi connectivity index (χ4v) is 1.19. The number of amides is 2. The van der Waals surface area contributed by atoms with E-state index in [4.69, 9.17) is 4.55 Å². The highest BCUT2D eigenvalue weighted by Crippen LogP contribution is 1.86. The predicted octanol–water partition coefficient (Wildman–Crippen LogP) is -0.251. The van der Waals surface area contributed by atoms with Gasteiger partial charge in [-0.15, -0.1) is 6.58 Å². The van der Waals surface area contributed by atoms with Crippen LogP contribution in [0.1, 0.15) is 6.42 Å². The van der Waals surface area contributed by atoms with E-state index in [0.29, 0.717) is 6.54 Å². The van der Waals surface area contributed by atoms with Crippen LogP contribution in [0, 0.1) is 0 Å². The lowest BCUT2D eigenvalue weighted by molar-refractivity contribution is 0.242. The van der Waals surface area contributed by atoms with Crippen LogP contribution in [-0.4, -0.2) is 37.8 Å². The molecule has 0 aromatic heterocycles. The van der Waals surface area contributed by atoms with Crippen LogP contribution in [0.4, 0.5) is 4.79 Å². The minimum Gasteiger partial charge on any atom is -0.338 e. The first-order valence-corrected chi connectivity index (χ1v) is 5.64. The van der Waals surface area contributed by atoms with Gasteiger partial charge in [0.25, 0.3) is 10.1 Å². The van der Waals surface area contributed by atoms with Crippen molar-refractivity contribution in [1.82, 2.24) is 10.6 Å². The standard InChI is InChI=1S/C7H14N2O4S/c1-2-4-8-7(10)9-5-3-6-14(11,12)13/h2H,1,3-6H2,(H2,8,9,10)(H,11,12,13). The Morgan fingerprint density at radius 1 is 1.43 bits per heavy atom. The maximum Gasteiger partial charge on any atom is 0.315 e. The first-order valence-electron chi connectivity index (χ1n) is 4.03. The average molecular weight is 222 g/mol. The van der Waals surface area contributed by atoms with E-state index in [0.717, 1.165) is 0 Å². The summed E-state index contributed by atoms with van der Waals surface area (Å²) < 4.78 is 28.9. The molecule has 3 N–H and O–H groups in total. The van der Waals surface area contributed by atoms with E-state index in [2.05, 4.69) is 17.2 Å². The molecule has 0 bridgehead atoms. The van der Waals surface area contributed by atoms with Gasteiger partial charge in [-0.2, -0.15) is 8.42 Å². The lowest BCUT2D eigenvalue weighted by Gasteiger charge is -2.04. The molecular formula is C7H14N2O4S. The fourth-order valence-electron chi connectivity index (χ4n) is 0.684. The Bertz CT molecular complexity index is 286. The zero-order valence-corrected chi connectivity index (χ0v) is 8.51. The van der Waals surface area contributed by atoms with Gasteiger partial charge in [0.1, 0.15) is 0 Å². The molecule has 0 atom stereocenters. The Hall–Kier alpha value is -1.08. The highest BCUT2D eigenvalue weighted by atomic mass is 32.2. The summed E-state index contributed by atoms with van der Waals surface area (Å²) >= 11 is 0. The van der Waals surface area contributed by atoms with Crippen LogP contribution in [0.25, 0.3) is 0 Å². The van der Waals surface area contributed by atoms with Crippen LogP contribution in [0.2, 0.25) is 0 Å². The van der Waals surface area contributed by atoms with E-state index in [1.807, 2.05) is 0 Å². The number of rotatable bonds is 6. The van der Waals surface area contributed by atoms with E-state index in [9.17, 15) is 13.2 Å². The number of carbonyl (C=O) groups is 1. The number of hydrogen-bond donors (Lipinski definition) is 3. The normalized spacial score (nSPS) is 10.6. The van der Waals surface area contributed by atoms with Crippen molar-refractivity contribution in [1.29, 1.82) is 0 Å². The Balaban J connectivity index is 3.45. The monoisotopic (exact) mass is 222 g/mol. The van der Waals surface area contributed by atoms with Crippen molar-refractivity contribution >= 4 is 16.1 Å². The Kier molecular flexibility index (Phi) is 5.89. The Morgan fingerprint density at radius 3 is 2.57 bits per heavy atom. The third-order valence-electron chi connectivity index (χ3n) is 1.27. The average Bonchev–Trinajstić information content (AvgIpc) is 2.07. The van der Waals surface area contributed by atoms with Crippen LogP contribution in [0.15, 0.2) is 12.7 Å². The predicted molar refractivity (Wildman–Crippen MR) is 52.6 cm³/mol. The van der Waals surface area contributed by atoms with Crippen molar-refractivity contribution in [2.24, 2.45) is 0 Å². The van der Waals surface area contributed by atoms with Crippen molar-refractivity contribution < 1.29 is 17.8 Å². The number of hydrogen-bond acceptors (Lipinski definition) is 3. The molecule has 0 aromatic rings. The van der Waals surface area contributed by atoms with E-state index in [1.54, 1.807) is 0 Å². The van der Waals surface area contributed by atoms with Crippen LogP contribution in [0.3, 0.4) is 0 Å². The van der Waals surface area contributed by atoms with Gasteiger partial charge in [-0.3, -0.25) is 4.55 Å². The van der Waals surface area contributed by atoms with Crippen molar-refractivity contribution in [3.8, 4) is 0 Å². The summed E-state index contributed by atoms with van der Waals surface area (Å²) in [6, 6.07) is -0.389. The summed E-state index contributed by atoms with van der Waals surface area (Å²) in [5, 5.41) is 4.87. The molecule has 2 amide bonds. The molecule has 0 aliphatic rings. The van der Waals surface area contributed by atoms with E-state index < -0.39 is 10.1 Å². The number of carbonyl (C=O) groups excluding carboxylic acids is 1. The SMILES string of the molecule is C=CCNC(=O)NCCCS(=O)(=O)O. The van der Waals surface area contributed by atoms with Gasteiger partial charge in [-0.1, -0.05) is 6.08 Å². The molecule has 0 fully saturated rings. The molecule has 0 spiro atoms. The molecular weight excluding hydrogens is 208 g/mol. The quantitative estimate of drug-likeness (QED) is 0.328. The molecule has 82 valence electrons. The van der Waals surface area contributed by atoms with Crippen LogP contribution < -0.4 is 10.6 Å². The molecule has 0 saturated heterocycles. The summed E-state index contributed by atoms with van der Waals surface area (Å²) in [6.45, 7) is 3.96. The van der Waals surface area contributed by atoms with Gasteiger partial charge in [0.15, 0.2) is 0 Å². The van der Waals surface area contributed by atoms with Crippen molar-refractivity contribution in [3.05, 3.63) is 12.7 Å². The molecule has 14 heavy (non-hydrogen) atoms. The summed E-state index contributed by atoms with van der Waals surface area (Å²) in [4.78, 5) is 10.8. The minimum atomic E-state index is -3.93. The first-order chi connectivity index (χ1) is 6.45. The molecule has 0 unspecified atom stereocenters. The second-order valence-corrected chi connectivity index (χ2v) is 4.14. The van der Waals surface area contributed by atoms with Crippen LogP contribution in [0.5, 0.6) is 0 Å². The van der Waals surface area contributed by atoms with E-state index in [-0.39, 0.29) is 24.7 Å². The second kappa shape index (κ2) is 6.39. The molecule has 0 aromatic carbocycles. The van der Waals surface area contributed by atoms with Crippen molar-refractivity contribution in [3.63, 3.8) is 0 Å². The Morgan fingerprint density at radius 2 is 2.07 bits per heavy atom.